The molecule has 0 aromatic heterocycles. The van der Waals surface area contributed by atoms with Crippen LogP contribution in [-0.4, -0.2) is 17.6 Å². The van der Waals surface area contributed by atoms with Crippen LogP contribution in [0.5, 0.6) is 0 Å². The van der Waals surface area contributed by atoms with E-state index in [2.05, 4.69) is 10.6 Å². The molecule has 4 nitrogen and oxygen atoms in total. The van der Waals surface area contributed by atoms with Gasteiger partial charge in [0.05, 0.1) is 5.75 Å². The molecule has 0 saturated heterocycles. The van der Waals surface area contributed by atoms with Crippen LogP contribution in [0.4, 0.5) is 11.4 Å². The lowest BCUT2D eigenvalue weighted by molar-refractivity contribution is -0.113. The average molecular weight is 447 g/mol. The van der Waals surface area contributed by atoms with Crippen molar-refractivity contribution in [2.24, 2.45) is 0 Å². The highest BCUT2D eigenvalue weighted by atomic mass is 35.5. The van der Waals surface area contributed by atoms with Gasteiger partial charge in [-0.05, 0) is 59.3 Å². The standard InChI is InChI=1S/C25H19ClN2O2S/c26-20-7-3-8-21(14-20)27-24(29)16-31-23-10-4-9-22(15-23)28-25(30)19-12-11-17-5-1-2-6-18(17)13-19/h1-15H,16H2,(H,27,29)(H,28,30). The Morgan fingerprint density at radius 1 is 0.742 bits per heavy atom. The fraction of sp³-hybridized carbons (Fsp3) is 0.0400. The van der Waals surface area contributed by atoms with Crippen LogP contribution in [-0.2, 0) is 4.79 Å². The number of halogens is 1. The molecule has 6 heteroatoms. The maximum atomic E-state index is 12.7. The molecule has 0 fully saturated rings. The number of rotatable bonds is 6. The number of anilines is 2. The maximum Gasteiger partial charge on any atom is 0.255 e. The van der Waals surface area contributed by atoms with Crippen LogP contribution in [0, 0.1) is 0 Å². The first-order chi connectivity index (χ1) is 15.1. The van der Waals surface area contributed by atoms with E-state index in [1.165, 1.54) is 11.8 Å². The molecular weight excluding hydrogens is 428 g/mol. The summed E-state index contributed by atoms with van der Waals surface area (Å²) in [5.41, 5.74) is 1.94. The van der Waals surface area contributed by atoms with Gasteiger partial charge in [0.2, 0.25) is 5.91 Å². The summed E-state index contributed by atoms with van der Waals surface area (Å²) < 4.78 is 0. The summed E-state index contributed by atoms with van der Waals surface area (Å²) in [7, 11) is 0. The van der Waals surface area contributed by atoms with Gasteiger partial charge in [0, 0.05) is 26.9 Å². The first-order valence-electron chi connectivity index (χ1n) is 9.65. The molecule has 0 atom stereocenters. The molecule has 31 heavy (non-hydrogen) atoms. The highest BCUT2D eigenvalue weighted by molar-refractivity contribution is 8.00. The van der Waals surface area contributed by atoms with Gasteiger partial charge in [0.15, 0.2) is 0 Å². The third-order valence-corrected chi connectivity index (χ3v) is 5.81. The smallest absolute Gasteiger partial charge is 0.255 e. The fourth-order valence-electron chi connectivity index (χ4n) is 3.11. The third kappa shape index (κ3) is 5.66. The highest BCUT2D eigenvalue weighted by Gasteiger charge is 2.09. The zero-order valence-electron chi connectivity index (χ0n) is 16.5. The van der Waals surface area contributed by atoms with Crippen molar-refractivity contribution in [1.82, 2.24) is 0 Å². The number of carbonyl (C=O) groups is 2. The van der Waals surface area contributed by atoms with Gasteiger partial charge in [0.25, 0.3) is 5.91 Å². The summed E-state index contributed by atoms with van der Waals surface area (Å²) in [5, 5.41) is 8.43. The van der Waals surface area contributed by atoms with Gasteiger partial charge >= 0.3 is 0 Å². The Morgan fingerprint density at radius 2 is 1.48 bits per heavy atom. The van der Waals surface area contributed by atoms with E-state index >= 15 is 0 Å². The molecule has 4 aromatic rings. The monoisotopic (exact) mass is 446 g/mol. The lowest BCUT2D eigenvalue weighted by Gasteiger charge is -2.09. The number of thioether (sulfide) groups is 1. The summed E-state index contributed by atoms with van der Waals surface area (Å²) in [6.45, 7) is 0. The predicted octanol–water partition coefficient (Wildman–Crippen LogP) is 6.48. The summed E-state index contributed by atoms with van der Waals surface area (Å²) in [4.78, 5) is 25.8. The summed E-state index contributed by atoms with van der Waals surface area (Å²) in [6, 6.07) is 28.0. The van der Waals surface area contributed by atoms with Gasteiger partial charge in [-0.2, -0.15) is 0 Å². The molecule has 0 spiro atoms. The van der Waals surface area contributed by atoms with Crippen LogP contribution in [0.2, 0.25) is 5.02 Å². The summed E-state index contributed by atoms with van der Waals surface area (Å²) >= 11 is 7.34. The molecule has 2 N–H and O–H groups in total. The van der Waals surface area contributed by atoms with Crippen molar-refractivity contribution in [3.05, 3.63) is 102 Å². The Labute approximate surface area is 189 Å². The first-order valence-corrected chi connectivity index (χ1v) is 11.0. The number of amides is 2. The lowest BCUT2D eigenvalue weighted by Crippen LogP contribution is -2.14. The molecule has 0 unspecified atom stereocenters. The lowest BCUT2D eigenvalue weighted by atomic mass is 10.1. The second-order valence-corrected chi connectivity index (χ2v) is 8.38. The first kappa shape index (κ1) is 21.0. The second kappa shape index (κ2) is 9.69. The topological polar surface area (TPSA) is 58.2 Å². The van der Waals surface area contributed by atoms with Crippen LogP contribution in [0.3, 0.4) is 0 Å². The van der Waals surface area contributed by atoms with E-state index < -0.39 is 0 Å². The van der Waals surface area contributed by atoms with Crippen molar-refractivity contribution in [2.75, 3.05) is 16.4 Å². The van der Waals surface area contributed by atoms with Crippen LogP contribution in [0.25, 0.3) is 10.8 Å². The Balaban J connectivity index is 1.37. The number of hydrogen-bond acceptors (Lipinski definition) is 3. The Bertz CT molecular complexity index is 1260. The minimum Gasteiger partial charge on any atom is -0.325 e. The SMILES string of the molecule is O=C(CSc1cccc(NC(=O)c2ccc3ccccc3c2)c1)Nc1cccc(Cl)c1. The quantitative estimate of drug-likeness (QED) is 0.333. The van der Waals surface area contributed by atoms with Crippen LogP contribution in [0.15, 0.2) is 95.9 Å². The molecule has 0 heterocycles. The molecule has 4 aromatic carbocycles. The van der Waals surface area contributed by atoms with Gasteiger partial charge in [0.1, 0.15) is 0 Å². The molecule has 0 aliphatic heterocycles. The number of carbonyl (C=O) groups excluding carboxylic acids is 2. The van der Waals surface area contributed by atoms with Gasteiger partial charge in [-0.3, -0.25) is 9.59 Å². The minimum atomic E-state index is -0.174. The zero-order chi connectivity index (χ0) is 21.6. The van der Waals surface area contributed by atoms with Crippen LogP contribution in [0.1, 0.15) is 10.4 Å². The van der Waals surface area contributed by atoms with E-state index in [1.54, 1.807) is 24.3 Å². The van der Waals surface area contributed by atoms with E-state index in [0.717, 1.165) is 15.7 Å². The third-order valence-electron chi connectivity index (χ3n) is 4.58. The van der Waals surface area contributed by atoms with E-state index in [4.69, 9.17) is 11.6 Å². The number of nitrogens with one attached hydrogen (secondary N) is 2. The summed E-state index contributed by atoms with van der Waals surface area (Å²) in [6.07, 6.45) is 0. The molecule has 0 aliphatic rings. The molecule has 0 saturated carbocycles. The van der Waals surface area contributed by atoms with E-state index in [1.807, 2.05) is 66.7 Å². The van der Waals surface area contributed by atoms with Crippen LogP contribution >= 0.6 is 23.4 Å². The molecule has 0 bridgehead atoms. The van der Waals surface area contributed by atoms with E-state index in [0.29, 0.717) is 22.0 Å². The van der Waals surface area contributed by atoms with Gasteiger partial charge in [-0.25, -0.2) is 0 Å². The summed E-state index contributed by atoms with van der Waals surface area (Å²) in [5.74, 6) is -0.0568. The van der Waals surface area contributed by atoms with Crippen LogP contribution < -0.4 is 10.6 Å². The molecule has 154 valence electrons. The molecule has 4 rings (SSSR count). The van der Waals surface area contributed by atoms with Crippen molar-refractivity contribution < 1.29 is 9.59 Å². The van der Waals surface area contributed by atoms with Crippen molar-refractivity contribution in [3.63, 3.8) is 0 Å². The molecule has 2 amide bonds. The Hall–Kier alpha value is -3.28. The largest absolute Gasteiger partial charge is 0.325 e. The zero-order valence-corrected chi connectivity index (χ0v) is 18.0. The average Bonchev–Trinajstić information content (AvgIpc) is 2.77. The van der Waals surface area contributed by atoms with Gasteiger partial charge in [-0.15, -0.1) is 11.8 Å². The number of benzene rings is 4. The van der Waals surface area contributed by atoms with E-state index in [-0.39, 0.29) is 17.6 Å². The van der Waals surface area contributed by atoms with Crippen molar-refractivity contribution in [3.8, 4) is 0 Å². The van der Waals surface area contributed by atoms with Gasteiger partial charge < -0.3 is 10.6 Å². The Kier molecular flexibility index (Phi) is 6.55. The highest BCUT2D eigenvalue weighted by Crippen LogP contribution is 2.23. The number of fused-ring (bicyclic) bond motifs is 1. The molecule has 0 aliphatic carbocycles. The second-order valence-electron chi connectivity index (χ2n) is 6.89. The minimum absolute atomic E-state index is 0.127. The maximum absolute atomic E-state index is 12.7. The Morgan fingerprint density at radius 3 is 2.29 bits per heavy atom. The van der Waals surface area contributed by atoms with Crippen molar-refractivity contribution >= 4 is 57.3 Å². The van der Waals surface area contributed by atoms with Gasteiger partial charge in [-0.1, -0.05) is 54.1 Å². The fourth-order valence-corrected chi connectivity index (χ4v) is 4.05. The predicted molar refractivity (Wildman–Crippen MR) is 129 cm³/mol. The van der Waals surface area contributed by atoms with Crippen molar-refractivity contribution in [1.29, 1.82) is 0 Å². The molecule has 0 radical (unpaired) electrons. The van der Waals surface area contributed by atoms with E-state index in [9.17, 15) is 9.59 Å². The normalized spacial score (nSPS) is 10.6. The number of hydrogen-bond donors (Lipinski definition) is 2. The van der Waals surface area contributed by atoms with Crippen molar-refractivity contribution in [2.45, 2.75) is 4.90 Å². The molecular formula is C25H19ClN2O2S.